The third kappa shape index (κ3) is 3.73. The van der Waals surface area contributed by atoms with Crippen molar-refractivity contribution in [3.63, 3.8) is 0 Å². The number of aryl methyl sites for hydroxylation is 1. The van der Waals surface area contributed by atoms with Gasteiger partial charge in [0.15, 0.2) is 5.69 Å². The van der Waals surface area contributed by atoms with Gasteiger partial charge in [-0.1, -0.05) is 30.3 Å². The molecule has 1 heterocycles. The van der Waals surface area contributed by atoms with Crippen LogP contribution >= 0.6 is 0 Å². The summed E-state index contributed by atoms with van der Waals surface area (Å²) in [5.74, 6) is -0.0244. The monoisotopic (exact) mass is 352 g/mol. The molecule has 1 aliphatic carbocycles. The zero-order valence-corrected chi connectivity index (χ0v) is 16.0. The number of allylic oxidation sites excluding steroid dienone is 1. The summed E-state index contributed by atoms with van der Waals surface area (Å²) in [4.78, 5) is 14.2. The van der Waals surface area contributed by atoms with Crippen LogP contribution in [0.3, 0.4) is 0 Å². The summed E-state index contributed by atoms with van der Waals surface area (Å²) in [7, 11) is 3.55. The second-order valence-corrected chi connectivity index (χ2v) is 7.19. The van der Waals surface area contributed by atoms with Crippen LogP contribution < -0.4 is 5.32 Å². The van der Waals surface area contributed by atoms with Gasteiger partial charge >= 0.3 is 0 Å². The normalized spacial score (nSPS) is 16.2. The van der Waals surface area contributed by atoms with E-state index in [1.807, 2.05) is 10.8 Å². The Morgan fingerprint density at radius 1 is 1.42 bits per heavy atom. The zero-order valence-electron chi connectivity index (χ0n) is 16.0. The fourth-order valence-electron chi connectivity index (χ4n) is 3.58. The quantitative estimate of drug-likeness (QED) is 0.813. The van der Waals surface area contributed by atoms with Gasteiger partial charge < -0.3 is 10.2 Å². The standard InChI is InChI=1S/C21H28N4O/c1-5-12-25-19-11-10-17(22-14-16-9-7-6-8-15(16)2)13-18(19)20(23-25)21(26)24(3)4/h5-9,17,22H,1,10-14H2,2-4H3. The van der Waals surface area contributed by atoms with Crippen LogP contribution in [-0.2, 0) is 25.9 Å². The topological polar surface area (TPSA) is 50.2 Å². The molecule has 0 radical (unpaired) electrons. The van der Waals surface area contributed by atoms with Crippen LogP contribution in [0.5, 0.6) is 0 Å². The highest BCUT2D eigenvalue weighted by Crippen LogP contribution is 2.26. The Hall–Kier alpha value is -2.40. The molecule has 5 heteroatoms. The number of nitrogens with zero attached hydrogens (tertiary/aromatic N) is 3. The summed E-state index contributed by atoms with van der Waals surface area (Å²) in [6.07, 6.45) is 4.66. The Kier molecular flexibility index (Phi) is 5.57. The Labute approximate surface area is 155 Å². The minimum absolute atomic E-state index is 0.0244. The molecule has 0 fully saturated rings. The first-order valence-electron chi connectivity index (χ1n) is 9.20. The number of rotatable bonds is 6. The van der Waals surface area contributed by atoms with Gasteiger partial charge in [0.2, 0.25) is 0 Å². The van der Waals surface area contributed by atoms with Crippen molar-refractivity contribution in [3.8, 4) is 0 Å². The molecule has 26 heavy (non-hydrogen) atoms. The molecule has 3 rings (SSSR count). The van der Waals surface area contributed by atoms with Crippen molar-refractivity contribution in [2.75, 3.05) is 14.1 Å². The second kappa shape index (κ2) is 7.87. The van der Waals surface area contributed by atoms with Gasteiger partial charge in [0.05, 0.1) is 6.54 Å². The molecule has 0 aliphatic heterocycles. The number of aromatic nitrogens is 2. The van der Waals surface area contributed by atoms with Crippen molar-refractivity contribution in [1.29, 1.82) is 0 Å². The Morgan fingerprint density at radius 2 is 2.19 bits per heavy atom. The lowest BCUT2D eigenvalue weighted by Crippen LogP contribution is -2.35. The SMILES string of the molecule is C=CCn1nc(C(=O)N(C)C)c2c1CCC(NCc1ccccc1C)C2. The van der Waals surface area contributed by atoms with Crippen molar-refractivity contribution in [1.82, 2.24) is 20.0 Å². The predicted octanol–water partition coefficient (Wildman–Crippen LogP) is 2.73. The van der Waals surface area contributed by atoms with E-state index >= 15 is 0 Å². The highest BCUT2D eigenvalue weighted by molar-refractivity contribution is 5.93. The first kappa shape index (κ1) is 18.4. The van der Waals surface area contributed by atoms with Gasteiger partial charge in [-0.2, -0.15) is 5.10 Å². The van der Waals surface area contributed by atoms with Gasteiger partial charge in [-0.15, -0.1) is 6.58 Å². The van der Waals surface area contributed by atoms with E-state index in [9.17, 15) is 4.79 Å². The third-order valence-corrected chi connectivity index (χ3v) is 5.10. The average Bonchev–Trinajstić information content (AvgIpc) is 2.98. The van der Waals surface area contributed by atoms with Gasteiger partial charge in [0.1, 0.15) is 0 Å². The van der Waals surface area contributed by atoms with Crippen LogP contribution in [0.15, 0.2) is 36.9 Å². The lowest BCUT2D eigenvalue weighted by molar-refractivity contribution is 0.0820. The smallest absolute Gasteiger partial charge is 0.274 e. The molecule has 1 N–H and O–H groups in total. The summed E-state index contributed by atoms with van der Waals surface area (Å²) < 4.78 is 1.94. The first-order valence-corrected chi connectivity index (χ1v) is 9.20. The van der Waals surface area contributed by atoms with Crippen molar-refractivity contribution in [2.45, 2.75) is 45.3 Å². The van der Waals surface area contributed by atoms with Crippen LogP contribution in [0.2, 0.25) is 0 Å². The Bertz CT molecular complexity index is 806. The van der Waals surface area contributed by atoms with Crippen LogP contribution in [0, 0.1) is 6.92 Å². The van der Waals surface area contributed by atoms with Crippen LogP contribution in [0.4, 0.5) is 0 Å². The molecule has 5 nitrogen and oxygen atoms in total. The third-order valence-electron chi connectivity index (χ3n) is 5.10. The largest absolute Gasteiger partial charge is 0.343 e. The van der Waals surface area contributed by atoms with Crippen molar-refractivity contribution in [3.05, 3.63) is 65.0 Å². The molecule has 1 amide bonds. The maximum Gasteiger partial charge on any atom is 0.274 e. The molecule has 1 aromatic carbocycles. The van der Waals surface area contributed by atoms with Crippen LogP contribution in [0.1, 0.15) is 39.3 Å². The molecule has 1 aliphatic rings. The summed E-state index contributed by atoms with van der Waals surface area (Å²) in [6.45, 7) is 7.45. The second-order valence-electron chi connectivity index (χ2n) is 7.19. The lowest BCUT2D eigenvalue weighted by Gasteiger charge is -2.25. The van der Waals surface area contributed by atoms with Gasteiger partial charge in [0.25, 0.3) is 5.91 Å². The molecule has 1 unspecified atom stereocenters. The van der Waals surface area contributed by atoms with E-state index in [2.05, 4.69) is 48.2 Å². The number of fused-ring (bicyclic) bond motifs is 1. The molecular formula is C21H28N4O. The van der Waals surface area contributed by atoms with E-state index in [1.54, 1.807) is 19.0 Å². The summed E-state index contributed by atoms with van der Waals surface area (Å²) in [6, 6.07) is 8.81. The maximum atomic E-state index is 12.6. The molecule has 2 aromatic rings. The fourth-order valence-corrected chi connectivity index (χ4v) is 3.58. The summed E-state index contributed by atoms with van der Waals surface area (Å²) in [5.41, 5.74) is 5.50. The number of carbonyl (C=O) groups excluding carboxylic acids is 1. The fraction of sp³-hybridized carbons (Fsp3) is 0.429. The molecule has 1 atom stereocenters. The van der Waals surface area contributed by atoms with Crippen molar-refractivity contribution < 1.29 is 4.79 Å². The Balaban J connectivity index is 1.79. The molecule has 0 spiro atoms. The zero-order chi connectivity index (χ0) is 18.7. The number of carbonyl (C=O) groups is 1. The number of benzene rings is 1. The van der Waals surface area contributed by atoms with Gasteiger partial charge in [-0.05, 0) is 37.3 Å². The average molecular weight is 352 g/mol. The number of amides is 1. The minimum atomic E-state index is -0.0244. The number of nitrogens with one attached hydrogen (secondary N) is 1. The highest BCUT2D eigenvalue weighted by Gasteiger charge is 2.29. The Morgan fingerprint density at radius 3 is 2.88 bits per heavy atom. The van der Waals surface area contributed by atoms with E-state index in [0.29, 0.717) is 18.3 Å². The summed E-state index contributed by atoms with van der Waals surface area (Å²) in [5, 5.41) is 8.27. The van der Waals surface area contributed by atoms with Gasteiger partial charge in [0, 0.05) is 37.9 Å². The molecule has 0 bridgehead atoms. The van der Waals surface area contributed by atoms with Crippen LogP contribution in [-0.4, -0.2) is 40.7 Å². The predicted molar refractivity (Wildman–Crippen MR) is 104 cm³/mol. The molecule has 1 aromatic heterocycles. The van der Waals surface area contributed by atoms with E-state index in [1.165, 1.54) is 16.8 Å². The van der Waals surface area contributed by atoms with E-state index in [0.717, 1.165) is 31.4 Å². The van der Waals surface area contributed by atoms with Crippen molar-refractivity contribution >= 4 is 5.91 Å². The number of hydrogen-bond acceptors (Lipinski definition) is 3. The minimum Gasteiger partial charge on any atom is -0.343 e. The molecule has 0 saturated heterocycles. The number of hydrogen-bond donors (Lipinski definition) is 1. The highest BCUT2D eigenvalue weighted by atomic mass is 16.2. The molecular weight excluding hydrogens is 324 g/mol. The van der Waals surface area contributed by atoms with E-state index in [4.69, 9.17) is 0 Å². The van der Waals surface area contributed by atoms with Crippen LogP contribution in [0.25, 0.3) is 0 Å². The van der Waals surface area contributed by atoms with Gasteiger partial charge in [-0.3, -0.25) is 9.48 Å². The lowest BCUT2D eigenvalue weighted by atomic mass is 9.90. The summed E-state index contributed by atoms with van der Waals surface area (Å²) >= 11 is 0. The molecule has 138 valence electrons. The first-order chi connectivity index (χ1) is 12.5. The van der Waals surface area contributed by atoms with E-state index < -0.39 is 0 Å². The molecule has 0 saturated carbocycles. The maximum absolute atomic E-state index is 12.6. The van der Waals surface area contributed by atoms with E-state index in [-0.39, 0.29) is 5.91 Å². The van der Waals surface area contributed by atoms with Crippen molar-refractivity contribution in [2.24, 2.45) is 0 Å². The van der Waals surface area contributed by atoms with Gasteiger partial charge in [-0.25, -0.2) is 0 Å².